The molecule has 1 saturated heterocycles. The first-order chi connectivity index (χ1) is 9.09. The Kier molecular flexibility index (Phi) is 4.56. The third kappa shape index (κ3) is 3.33. The summed E-state index contributed by atoms with van der Waals surface area (Å²) in [6.45, 7) is 2.47. The zero-order valence-corrected chi connectivity index (χ0v) is 11.3. The molecule has 0 bridgehead atoms. The molecule has 3 N–H and O–H groups in total. The molecular weight excluding hydrogens is 240 g/mol. The molecule has 1 aromatic carbocycles. The van der Waals surface area contributed by atoms with E-state index in [1.165, 1.54) is 0 Å². The lowest BCUT2D eigenvalue weighted by Gasteiger charge is -2.28. The molecule has 4 heteroatoms. The first kappa shape index (κ1) is 14.0. The molecule has 1 amide bonds. The van der Waals surface area contributed by atoms with Gasteiger partial charge in [0, 0.05) is 12.6 Å². The van der Waals surface area contributed by atoms with Crippen molar-refractivity contribution in [2.45, 2.75) is 44.4 Å². The predicted octanol–water partition coefficient (Wildman–Crippen LogP) is 1.45. The second kappa shape index (κ2) is 6.17. The topological polar surface area (TPSA) is 66.6 Å². The van der Waals surface area contributed by atoms with Crippen LogP contribution in [0.2, 0.25) is 0 Å². The standard InChI is InChI=1S/C15H22N2O2/c1-11(16)15(19)17-9-5-8-13(17)10-14(18)12-6-3-2-4-7-12/h2-4,6-7,11,13-14,18H,5,8-10,16H2,1H3/t11-,13+,14-/m0/s1. The molecule has 0 saturated carbocycles. The molecule has 1 aliphatic heterocycles. The van der Waals surface area contributed by atoms with E-state index >= 15 is 0 Å². The molecule has 0 unspecified atom stereocenters. The van der Waals surface area contributed by atoms with Gasteiger partial charge in [-0.05, 0) is 31.7 Å². The lowest BCUT2D eigenvalue weighted by molar-refractivity contribution is -0.133. The molecule has 0 spiro atoms. The van der Waals surface area contributed by atoms with Crippen molar-refractivity contribution in [3.63, 3.8) is 0 Å². The van der Waals surface area contributed by atoms with Gasteiger partial charge >= 0.3 is 0 Å². The number of nitrogens with zero attached hydrogens (tertiary/aromatic N) is 1. The number of nitrogens with two attached hydrogens (primary N) is 1. The third-order valence-electron chi connectivity index (χ3n) is 3.73. The molecule has 0 aliphatic carbocycles. The lowest BCUT2D eigenvalue weighted by Crippen LogP contribution is -2.44. The summed E-state index contributed by atoms with van der Waals surface area (Å²) >= 11 is 0. The number of benzene rings is 1. The van der Waals surface area contributed by atoms with Gasteiger partial charge in [0.15, 0.2) is 0 Å². The average Bonchev–Trinajstić information content (AvgIpc) is 2.86. The first-order valence-corrected chi connectivity index (χ1v) is 6.88. The van der Waals surface area contributed by atoms with Gasteiger partial charge in [-0.2, -0.15) is 0 Å². The number of likely N-dealkylation sites (tertiary alicyclic amines) is 1. The van der Waals surface area contributed by atoms with Gasteiger partial charge in [0.2, 0.25) is 5.91 Å². The van der Waals surface area contributed by atoms with E-state index < -0.39 is 12.1 Å². The highest BCUT2D eigenvalue weighted by Crippen LogP contribution is 2.27. The fourth-order valence-corrected chi connectivity index (χ4v) is 2.70. The van der Waals surface area contributed by atoms with Gasteiger partial charge in [0.05, 0.1) is 12.1 Å². The van der Waals surface area contributed by atoms with Crippen molar-refractivity contribution in [2.24, 2.45) is 5.73 Å². The summed E-state index contributed by atoms with van der Waals surface area (Å²) in [5.41, 5.74) is 6.57. The van der Waals surface area contributed by atoms with E-state index in [9.17, 15) is 9.90 Å². The zero-order chi connectivity index (χ0) is 13.8. The molecule has 1 aliphatic rings. The monoisotopic (exact) mass is 262 g/mol. The Morgan fingerprint density at radius 3 is 2.79 bits per heavy atom. The van der Waals surface area contributed by atoms with Crippen LogP contribution >= 0.6 is 0 Å². The molecule has 1 heterocycles. The smallest absolute Gasteiger partial charge is 0.239 e. The quantitative estimate of drug-likeness (QED) is 0.863. The second-order valence-corrected chi connectivity index (χ2v) is 5.28. The summed E-state index contributed by atoms with van der Waals surface area (Å²) in [4.78, 5) is 13.8. The van der Waals surface area contributed by atoms with Gasteiger partial charge in [0.1, 0.15) is 0 Å². The first-order valence-electron chi connectivity index (χ1n) is 6.88. The Labute approximate surface area is 114 Å². The summed E-state index contributed by atoms with van der Waals surface area (Å²) in [6.07, 6.45) is 2.00. The number of hydrogen-bond acceptors (Lipinski definition) is 3. The largest absolute Gasteiger partial charge is 0.388 e. The van der Waals surface area contributed by atoms with Gasteiger partial charge in [-0.25, -0.2) is 0 Å². The second-order valence-electron chi connectivity index (χ2n) is 5.28. The molecule has 4 nitrogen and oxygen atoms in total. The summed E-state index contributed by atoms with van der Waals surface area (Å²) < 4.78 is 0. The molecule has 104 valence electrons. The van der Waals surface area contributed by atoms with Crippen LogP contribution in [0.1, 0.15) is 37.9 Å². The van der Waals surface area contributed by atoms with Crippen molar-refractivity contribution in [1.82, 2.24) is 4.90 Å². The van der Waals surface area contributed by atoms with Crippen LogP contribution in [0.3, 0.4) is 0 Å². The Hall–Kier alpha value is -1.39. The van der Waals surface area contributed by atoms with Gasteiger partial charge in [-0.1, -0.05) is 30.3 Å². The van der Waals surface area contributed by atoms with Crippen molar-refractivity contribution < 1.29 is 9.90 Å². The number of rotatable bonds is 4. The molecule has 1 fully saturated rings. The van der Waals surface area contributed by atoms with E-state index in [0.29, 0.717) is 6.42 Å². The number of carbonyl (C=O) groups is 1. The molecule has 19 heavy (non-hydrogen) atoms. The van der Waals surface area contributed by atoms with Crippen molar-refractivity contribution in [2.75, 3.05) is 6.54 Å². The van der Waals surface area contributed by atoms with Crippen molar-refractivity contribution in [3.05, 3.63) is 35.9 Å². The van der Waals surface area contributed by atoms with Crippen LogP contribution in [0.15, 0.2) is 30.3 Å². The number of carbonyl (C=O) groups excluding carboxylic acids is 1. The number of amides is 1. The third-order valence-corrected chi connectivity index (χ3v) is 3.73. The van der Waals surface area contributed by atoms with Crippen molar-refractivity contribution >= 4 is 5.91 Å². The summed E-state index contributed by atoms with van der Waals surface area (Å²) in [7, 11) is 0. The fraction of sp³-hybridized carbons (Fsp3) is 0.533. The molecule has 1 aromatic rings. The van der Waals surface area contributed by atoms with E-state index in [2.05, 4.69) is 0 Å². The zero-order valence-electron chi connectivity index (χ0n) is 11.3. The molecule has 3 atom stereocenters. The molecule has 2 rings (SSSR count). The minimum Gasteiger partial charge on any atom is -0.388 e. The van der Waals surface area contributed by atoms with Crippen LogP contribution in [0, 0.1) is 0 Å². The summed E-state index contributed by atoms with van der Waals surface area (Å²) in [5, 5.41) is 10.2. The van der Waals surface area contributed by atoms with Gasteiger partial charge in [-0.15, -0.1) is 0 Å². The highest BCUT2D eigenvalue weighted by atomic mass is 16.3. The Bertz CT molecular complexity index is 419. The lowest BCUT2D eigenvalue weighted by atomic mass is 10.0. The van der Waals surface area contributed by atoms with Crippen molar-refractivity contribution in [1.29, 1.82) is 0 Å². The van der Waals surface area contributed by atoms with Crippen molar-refractivity contribution in [3.8, 4) is 0 Å². The van der Waals surface area contributed by atoms with Crippen LogP contribution < -0.4 is 5.73 Å². The maximum absolute atomic E-state index is 12.0. The fourth-order valence-electron chi connectivity index (χ4n) is 2.70. The van der Waals surface area contributed by atoms with E-state index in [1.54, 1.807) is 6.92 Å². The normalized spacial score (nSPS) is 22.3. The van der Waals surface area contributed by atoms with Crippen LogP contribution in [-0.4, -0.2) is 34.5 Å². The molecule has 0 aromatic heterocycles. The van der Waals surface area contributed by atoms with E-state index in [0.717, 1.165) is 24.9 Å². The van der Waals surface area contributed by atoms with Gasteiger partial charge < -0.3 is 15.7 Å². The predicted molar refractivity (Wildman–Crippen MR) is 74.4 cm³/mol. The number of hydrogen-bond donors (Lipinski definition) is 2. The average molecular weight is 262 g/mol. The van der Waals surface area contributed by atoms with Gasteiger partial charge in [0.25, 0.3) is 0 Å². The number of aliphatic hydroxyl groups excluding tert-OH is 1. The Morgan fingerprint density at radius 1 is 1.47 bits per heavy atom. The van der Waals surface area contributed by atoms with Gasteiger partial charge in [-0.3, -0.25) is 4.79 Å². The SMILES string of the molecule is C[C@H](N)C(=O)N1CCC[C@@H]1C[C@H](O)c1ccccc1. The van der Waals surface area contributed by atoms with Crippen LogP contribution in [-0.2, 0) is 4.79 Å². The minimum absolute atomic E-state index is 0.0113. The van der Waals surface area contributed by atoms with Crippen LogP contribution in [0.5, 0.6) is 0 Å². The highest BCUT2D eigenvalue weighted by Gasteiger charge is 2.31. The minimum atomic E-state index is -0.521. The summed E-state index contributed by atoms with van der Waals surface area (Å²) in [6, 6.07) is 9.23. The van der Waals surface area contributed by atoms with E-state index in [1.807, 2.05) is 35.2 Å². The molecule has 0 radical (unpaired) electrons. The highest BCUT2D eigenvalue weighted by molar-refractivity contribution is 5.81. The van der Waals surface area contributed by atoms with E-state index in [-0.39, 0.29) is 11.9 Å². The Morgan fingerprint density at radius 2 is 2.16 bits per heavy atom. The summed E-state index contributed by atoms with van der Waals surface area (Å²) in [5.74, 6) is -0.0113. The number of aliphatic hydroxyl groups is 1. The Balaban J connectivity index is 2.00. The van der Waals surface area contributed by atoms with E-state index in [4.69, 9.17) is 5.73 Å². The maximum atomic E-state index is 12.0. The maximum Gasteiger partial charge on any atom is 0.239 e. The van der Waals surface area contributed by atoms with Crippen LogP contribution in [0.25, 0.3) is 0 Å². The van der Waals surface area contributed by atoms with Crippen LogP contribution in [0.4, 0.5) is 0 Å². The molecular formula is C15H22N2O2.